The topological polar surface area (TPSA) is 61.4 Å². The minimum absolute atomic E-state index is 0.0327. The maximum atomic E-state index is 12.3. The normalized spacial score (nSPS) is 10.4. The van der Waals surface area contributed by atoms with Gasteiger partial charge in [0.15, 0.2) is 0 Å². The van der Waals surface area contributed by atoms with Crippen molar-refractivity contribution in [1.82, 2.24) is 10.7 Å². The summed E-state index contributed by atoms with van der Waals surface area (Å²) in [5.74, 6) is 0.125. The molecule has 5 heteroatoms. The van der Waals surface area contributed by atoms with Gasteiger partial charge in [0.05, 0.1) is 18.8 Å². The van der Waals surface area contributed by atoms with Crippen LogP contribution in [-0.4, -0.2) is 18.4 Å². The van der Waals surface area contributed by atoms with Crippen molar-refractivity contribution in [3.05, 3.63) is 66.2 Å². The molecule has 2 aromatic rings. The van der Waals surface area contributed by atoms with Gasteiger partial charge in [-0.15, -0.1) is 0 Å². The second-order valence-electron chi connectivity index (χ2n) is 6.65. The van der Waals surface area contributed by atoms with Gasteiger partial charge in [0.1, 0.15) is 0 Å². The number of anilines is 1. The summed E-state index contributed by atoms with van der Waals surface area (Å²) in [7, 11) is 0. The molecule has 0 saturated carbocycles. The lowest BCUT2D eigenvalue weighted by Crippen LogP contribution is -2.46. The fraction of sp³-hybridized carbons (Fsp3) is 0.333. The van der Waals surface area contributed by atoms with Crippen LogP contribution in [0.15, 0.2) is 60.7 Å². The Kier molecular flexibility index (Phi) is 7.68. The fourth-order valence-corrected chi connectivity index (χ4v) is 2.45. The molecule has 0 unspecified atom stereocenters. The highest BCUT2D eigenvalue weighted by Gasteiger charge is 2.12. The van der Waals surface area contributed by atoms with Crippen LogP contribution in [0, 0.1) is 5.92 Å². The van der Waals surface area contributed by atoms with Crippen molar-refractivity contribution in [2.45, 2.75) is 33.2 Å². The van der Waals surface area contributed by atoms with Crippen molar-refractivity contribution in [2.24, 2.45) is 5.92 Å². The van der Waals surface area contributed by atoms with Gasteiger partial charge in [-0.1, -0.05) is 62.4 Å². The number of hydrogen-bond donors (Lipinski definition) is 2. The minimum atomic E-state index is -0.248. The number of benzene rings is 2. The molecule has 138 valence electrons. The summed E-state index contributed by atoms with van der Waals surface area (Å²) in [6.45, 7) is 4.65. The highest BCUT2D eigenvalue weighted by molar-refractivity contribution is 5.85. The number of nitrogens with one attached hydrogen (secondary N) is 2. The maximum absolute atomic E-state index is 12.3. The van der Waals surface area contributed by atoms with Crippen LogP contribution in [0.1, 0.15) is 32.3 Å². The van der Waals surface area contributed by atoms with E-state index in [1.165, 1.54) is 0 Å². The number of hydrogen-bond acceptors (Lipinski definition) is 3. The molecule has 2 rings (SSSR count). The maximum Gasteiger partial charge on any atom is 0.257 e. The first-order chi connectivity index (χ1) is 12.5. The fourth-order valence-electron chi connectivity index (χ4n) is 2.45. The zero-order chi connectivity index (χ0) is 18.8. The molecule has 0 spiro atoms. The van der Waals surface area contributed by atoms with Crippen LogP contribution < -0.4 is 15.8 Å². The summed E-state index contributed by atoms with van der Waals surface area (Å²) in [6.07, 6.45) is 1.26. The Morgan fingerprint density at radius 2 is 1.54 bits per heavy atom. The van der Waals surface area contributed by atoms with E-state index in [2.05, 4.69) is 24.6 Å². The highest BCUT2D eigenvalue weighted by Crippen LogP contribution is 2.14. The van der Waals surface area contributed by atoms with Crippen molar-refractivity contribution in [3.63, 3.8) is 0 Å². The van der Waals surface area contributed by atoms with Crippen molar-refractivity contribution < 1.29 is 9.59 Å². The Labute approximate surface area is 155 Å². The van der Waals surface area contributed by atoms with E-state index in [4.69, 9.17) is 0 Å². The molecule has 0 radical (unpaired) electrons. The number of rotatable bonds is 9. The summed E-state index contributed by atoms with van der Waals surface area (Å²) in [6, 6.07) is 19.6. The molecular formula is C21H27N3O2. The van der Waals surface area contributed by atoms with Crippen molar-refractivity contribution in [3.8, 4) is 0 Å². The Balaban J connectivity index is 1.93. The predicted octanol–water partition coefficient (Wildman–Crippen LogP) is 3.28. The Bertz CT molecular complexity index is 687. The number of amides is 2. The Hall–Kier alpha value is -2.82. The molecule has 26 heavy (non-hydrogen) atoms. The van der Waals surface area contributed by atoms with Crippen LogP contribution in [0.25, 0.3) is 0 Å². The summed E-state index contributed by atoms with van der Waals surface area (Å²) < 4.78 is 0. The van der Waals surface area contributed by atoms with Crippen molar-refractivity contribution >= 4 is 17.5 Å². The number of carbonyl (C=O) groups is 2. The van der Waals surface area contributed by atoms with Crippen molar-refractivity contribution in [1.29, 1.82) is 0 Å². The van der Waals surface area contributed by atoms with Gasteiger partial charge in [-0.05, 0) is 30.0 Å². The molecular weight excluding hydrogens is 326 g/mol. The highest BCUT2D eigenvalue weighted by atomic mass is 16.2. The first-order valence-electron chi connectivity index (χ1n) is 8.97. The quantitative estimate of drug-likeness (QED) is 0.680. The van der Waals surface area contributed by atoms with E-state index in [1.54, 1.807) is 5.01 Å². The van der Waals surface area contributed by atoms with Gasteiger partial charge < -0.3 is 5.32 Å². The van der Waals surface area contributed by atoms with Gasteiger partial charge in [0.25, 0.3) is 5.91 Å². The van der Waals surface area contributed by atoms with Gasteiger partial charge >= 0.3 is 0 Å². The van der Waals surface area contributed by atoms with Gasteiger partial charge in [0.2, 0.25) is 5.91 Å². The van der Waals surface area contributed by atoms with E-state index < -0.39 is 0 Å². The number of para-hydroxylation sites is 1. The largest absolute Gasteiger partial charge is 0.347 e. The molecule has 0 fully saturated rings. The third-order valence-corrected chi connectivity index (χ3v) is 3.91. The first-order valence-corrected chi connectivity index (χ1v) is 8.97. The summed E-state index contributed by atoms with van der Waals surface area (Å²) >= 11 is 0. The first kappa shape index (κ1) is 19.5. The third kappa shape index (κ3) is 6.97. The predicted molar refractivity (Wildman–Crippen MR) is 104 cm³/mol. The lowest BCUT2D eigenvalue weighted by atomic mass is 10.1. The minimum Gasteiger partial charge on any atom is -0.347 e. The van der Waals surface area contributed by atoms with E-state index in [0.717, 1.165) is 17.7 Å². The zero-order valence-corrected chi connectivity index (χ0v) is 15.4. The van der Waals surface area contributed by atoms with Crippen LogP contribution in [0.5, 0.6) is 0 Å². The van der Waals surface area contributed by atoms with Gasteiger partial charge in [-0.25, -0.2) is 0 Å². The average Bonchev–Trinajstić information content (AvgIpc) is 2.65. The molecule has 0 aromatic heterocycles. The van der Waals surface area contributed by atoms with Gasteiger partial charge in [0, 0.05) is 6.42 Å². The Morgan fingerprint density at radius 3 is 2.15 bits per heavy atom. The van der Waals surface area contributed by atoms with Crippen molar-refractivity contribution in [2.75, 3.05) is 11.6 Å². The van der Waals surface area contributed by atoms with E-state index in [0.29, 0.717) is 18.9 Å². The number of nitrogens with zero attached hydrogens (tertiary/aromatic N) is 1. The van der Waals surface area contributed by atoms with E-state index in [1.807, 2.05) is 60.7 Å². The van der Waals surface area contributed by atoms with Crippen LogP contribution in [0.4, 0.5) is 5.69 Å². The van der Waals surface area contributed by atoms with Crippen LogP contribution >= 0.6 is 0 Å². The number of carbonyl (C=O) groups excluding carboxylic acids is 2. The number of hydrazine groups is 1. The molecule has 0 atom stereocenters. The molecule has 0 aliphatic rings. The Morgan fingerprint density at radius 1 is 0.923 bits per heavy atom. The van der Waals surface area contributed by atoms with Crippen LogP contribution in [-0.2, 0) is 16.1 Å². The third-order valence-electron chi connectivity index (χ3n) is 3.91. The van der Waals surface area contributed by atoms with Gasteiger partial charge in [-0.3, -0.25) is 20.0 Å². The molecule has 2 amide bonds. The lowest BCUT2D eigenvalue weighted by Gasteiger charge is -2.25. The molecule has 0 saturated heterocycles. The van der Waals surface area contributed by atoms with E-state index in [9.17, 15) is 9.59 Å². The molecule has 0 heterocycles. The molecule has 5 nitrogen and oxygen atoms in total. The van der Waals surface area contributed by atoms with Crippen LogP contribution in [0.3, 0.4) is 0 Å². The van der Waals surface area contributed by atoms with Crippen LogP contribution in [0.2, 0.25) is 0 Å². The molecule has 2 aromatic carbocycles. The standard InChI is InChI=1S/C21H27N3O2/c1-17(2)13-14-20(25)22-15-21(26)23-24(19-11-7-4-8-12-19)16-18-9-5-3-6-10-18/h3-12,17H,13-16H2,1-2H3,(H,22,25)(H,23,26). The summed E-state index contributed by atoms with van der Waals surface area (Å²) in [4.78, 5) is 24.1. The summed E-state index contributed by atoms with van der Waals surface area (Å²) in [5, 5.41) is 4.47. The monoisotopic (exact) mass is 353 g/mol. The smallest absolute Gasteiger partial charge is 0.257 e. The average molecular weight is 353 g/mol. The zero-order valence-electron chi connectivity index (χ0n) is 15.4. The van der Waals surface area contributed by atoms with Gasteiger partial charge in [-0.2, -0.15) is 0 Å². The lowest BCUT2D eigenvalue weighted by molar-refractivity contribution is -0.126. The molecule has 0 aliphatic carbocycles. The molecule has 0 bridgehead atoms. The molecule has 2 N–H and O–H groups in total. The molecule has 0 aliphatic heterocycles. The second-order valence-corrected chi connectivity index (χ2v) is 6.65. The van der Waals surface area contributed by atoms with E-state index in [-0.39, 0.29) is 18.4 Å². The second kappa shape index (κ2) is 10.2. The van der Waals surface area contributed by atoms with E-state index >= 15 is 0 Å². The SMILES string of the molecule is CC(C)CCC(=O)NCC(=O)NN(Cc1ccccc1)c1ccccc1. The summed E-state index contributed by atoms with van der Waals surface area (Å²) in [5.41, 5.74) is 4.85.